The quantitative estimate of drug-likeness (QED) is 0.617. The first-order valence-electron chi connectivity index (χ1n) is 9.29. The third-order valence-electron chi connectivity index (χ3n) is 4.43. The van der Waals surface area contributed by atoms with Gasteiger partial charge in [-0.2, -0.15) is 4.39 Å². The zero-order valence-electron chi connectivity index (χ0n) is 15.4. The third-order valence-corrected chi connectivity index (χ3v) is 4.43. The number of rotatable bonds is 6. The van der Waals surface area contributed by atoms with Crippen LogP contribution in [-0.4, -0.2) is 51.7 Å². The van der Waals surface area contributed by atoms with Crippen molar-refractivity contribution in [1.82, 2.24) is 19.9 Å². The number of likely N-dealkylation sites (tertiary alicyclic amines) is 1. The van der Waals surface area contributed by atoms with E-state index >= 15 is 0 Å². The predicted molar refractivity (Wildman–Crippen MR) is 99.7 cm³/mol. The summed E-state index contributed by atoms with van der Waals surface area (Å²) in [5, 5.41) is 3.25. The second-order valence-corrected chi connectivity index (χ2v) is 6.50. The Bertz CT molecular complexity index is 773. The highest BCUT2D eigenvalue weighted by atomic mass is 19.1. The van der Waals surface area contributed by atoms with Crippen molar-refractivity contribution in [3.63, 3.8) is 0 Å². The molecule has 1 fully saturated rings. The molecule has 1 N–H and O–H groups in total. The van der Waals surface area contributed by atoms with Crippen LogP contribution < -0.4 is 5.32 Å². The normalized spacial score (nSPS) is 16.8. The first-order chi connectivity index (χ1) is 13.2. The van der Waals surface area contributed by atoms with Gasteiger partial charge in [0.2, 0.25) is 11.9 Å². The fourth-order valence-corrected chi connectivity index (χ4v) is 2.99. The molecule has 1 amide bonds. The number of nitrogens with one attached hydrogen (secondary N) is 1. The van der Waals surface area contributed by atoms with Crippen LogP contribution >= 0.6 is 0 Å². The smallest absolute Gasteiger partial charge is 0.409 e. The lowest BCUT2D eigenvalue weighted by atomic mass is 10.1. The Labute approximate surface area is 158 Å². The number of anilines is 1. The lowest BCUT2D eigenvalue weighted by molar-refractivity contribution is 0.0920. The van der Waals surface area contributed by atoms with E-state index in [0.717, 1.165) is 25.7 Å². The van der Waals surface area contributed by atoms with Crippen LogP contribution in [0.3, 0.4) is 0 Å². The van der Waals surface area contributed by atoms with Crippen molar-refractivity contribution < 1.29 is 13.9 Å². The number of aromatic nitrogens is 3. The second kappa shape index (κ2) is 9.25. The molecule has 0 spiro atoms. The minimum Gasteiger partial charge on any atom is -0.449 e. The van der Waals surface area contributed by atoms with Crippen molar-refractivity contribution in [1.29, 1.82) is 0 Å². The molecule has 2 aromatic heterocycles. The third kappa shape index (κ3) is 5.12. The first kappa shape index (κ1) is 19.0. The van der Waals surface area contributed by atoms with Gasteiger partial charge in [-0.15, -0.1) is 0 Å². The number of amides is 1. The Hall–Kier alpha value is -2.77. The van der Waals surface area contributed by atoms with Crippen LogP contribution in [0.2, 0.25) is 0 Å². The molecule has 8 heteroatoms. The molecule has 0 aliphatic carbocycles. The Kier molecular flexibility index (Phi) is 6.51. The van der Waals surface area contributed by atoms with Crippen molar-refractivity contribution in [3.05, 3.63) is 36.5 Å². The summed E-state index contributed by atoms with van der Waals surface area (Å²) in [6.45, 7) is 3.72. The van der Waals surface area contributed by atoms with Gasteiger partial charge in [0.05, 0.1) is 17.9 Å². The van der Waals surface area contributed by atoms with E-state index in [1.54, 1.807) is 29.3 Å². The summed E-state index contributed by atoms with van der Waals surface area (Å²) < 4.78 is 19.2. The van der Waals surface area contributed by atoms with Gasteiger partial charge in [-0.25, -0.2) is 19.7 Å². The number of pyridine rings is 1. The molecule has 27 heavy (non-hydrogen) atoms. The van der Waals surface area contributed by atoms with Crippen LogP contribution in [0.5, 0.6) is 0 Å². The summed E-state index contributed by atoms with van der Waals surface area (Å²) in [5.74, 6) is -0.164. The largest absolute Gasteiger partial charge is 0.449 e. The molecule has 3 rings (SSSR count). The van der Waals surface area contributed by atoms with Gasteiger partial charge >= 0.3 is 6.09 Å². The number of hydrogen-bond donors (Lipinski definition) is 1. The van der Waals surface area contributed by atoms with Crippen LogP contribution in [0, 0.1) is 5.95 Å². The van der Waals surface area contributed by atoms with E-state index in [0.29, 0.717) is 36.9 Å². The minimum absolute atomic E-state index is 0.0199. The van der Waals surface area contributed by atoms with Crippen molar-refractivity contribution in [3.8, 4) is 11.3 Å². The first-order valence-corrected chi connectivity index (χ1v) is 9.29. The van der Waals surface area contributed by atoms with Gasteiger partial charge < -0.3 is 15.0 Å². The average molecular weight is 373 g/mol. The molecule has 0 bridgehead atoms. The Morgan fingerprint density at radius 2 is 2.26 bits per heavy atom. The molecule has 7 nitrogen and oxygen atoms in total. The van der Waals surface area contributed by atoms with Crippen LogP contribution in [0.4, 0.5) is 15.1 Å². The minimum atomic E-state index is -0.569. The Balaban J connectivity index is 1.62. The molecule has 1 saturated heterocycles. The van der Waals surface area contributed by atoms with Gasteiger partial charge in [0.25, 0.3) is 0 Å². The molecular weight excluding hydrogens is 349 g/mol. The highest BCUT2D eigenvalue weighted by Gasteiger charge is 2.25. The fraction of sp³-hybridized carbons (Fsp3) is 0.474. The maximum atomic E-state index is 13.9. The lowest BCUT2D eigenvalue weighted by Crippen LogP contribution is -2.45. The molecule has 144 valence electrons. The molecule has 1 aliphatic heterocycles. The number of halogens is 1. The van der Waals surface area contributed by atoms with E-state index in [1.165, 1.54) is 6.20 Å². The van der Waals surface area contributed by atoms with Gasteiger partial charge in [0, 0.05) is 31.5 Å². The number of hydrogen-bond acceptors (Lipinski definition) is 6. The van der Waals surface area contributed by atoms with Gasteiger partial charge in [-0.3, -0.25) is 0 Å². The van der Waals surface area contributed by atoms with Crippen molar-refractivity contribution in [2.45, 2.75) is 38.6 Å². The van der Waals surface area contributed by atoms with Gasteiger partial charge in [-0.1, -0.05) is 13.3 Å². The fourth-order valence-electron chi connectivity index (χ4n) is 2.99. The van der Waals surface area contributed by atoms with E-state index in [4.69, 9.17) is 4.74 Å². The zero-order valence-corrected chi connectivity index (χ0v) is 15.4. The molecule has 0 radical (unpaired) electrons. The van der Waals surface area contributed by atoms with E-state index in [2.05, 4.69) is 27.2 Å². The maximum Gasteiger partial charge on any atom is 0.409 e. The van der Waals surface area contributed by atoms with E-state index in [9.17, 15) is 9.18 Å². The summed E-state index contributed by atoms with van der Waals surface area (Å²) in [5.41, 5.74) is 0.789. The predicted octanol–water partition coefficient (Wildman–Crippen LogP) is 3.49. The average Bonchev–Trinajstić information content (AvgIpc) is 2.69. The van der Waals surface area contributed by atoms with Gasteiger partial charge in [-0.05, 0) is 37.5 Å². The number of nitrogens with zero attached hydrogens (tertiary/aromatic N) is 4. The summed E-state index contributed by atoms with van der Waals surface area (Å²) in [6.07, 6.45) is 6.33. The molecule has 3 heterocycles. The number of ether oxygens (including phenoxy) is 1. The zero-order chi connectivity index (χ0) is 19.1. The van der Waals surface area contributed by atoms with Crippen LogP contribution in [0.1, 0.15) is 32.6 Å². The number of carbonyl (C=O) groups excluding carboxylic acids is 1. The summed E-state index contributed by atoms with van der Waals surface area (Å²) >= 11 is 0. The van der Waals surface area contributed by atoms with Crippen molar-refractivity contribution in [2.75, 3.05) is 25.0 Å². The van der Waals surface area contributed by atoms with Gasteiger partial charge in [0.15, 0.2) is 0 Å². The number of carbonyl (C=O) groups is 1. The Morgan fingerprint density at radius 1 is 1.37 bits per heavy atom. The van der Waals surface area contributed by atoms with Crippen LogP contribution in [0.15, 0.2) is 30.6 Å². The summed E-state index contributed by atoms with van der Waals surface area (Å²) in [7, 11) is 0. The second-order valence-electron chi connectivity index (χ2n) is 6.50. The molecule has 1 atom stereocenters. The highest BCUT2D eigenvalue weighted by molar-refractivity contribution is 5.68. The molecule has 2 aromatic rings. The van der Waals surface area contributed by atoms with Crippen LogP contribution in [0.25, 0.3) is 11.3 Å². The lowest BCUT2D eigenvalue weighted by Gasteiger charge is -2.32. The monoisotopic (exact) mass is 373 g/mol. The molecule has 1 aliphatic rings. The molecule has 0 unspecified atom stereocenters. The van der Waals surface area contributed by atoms with Crippen molar-refractivity contribution in [2.24, 2.45) is 0 Å². The SMILES string of the molecule is CCCCOC(=O)N1CCC[C@H](Nc2nccc(-c3cccnc3F)n2)C1. The standard InChI is InChI=1S/C19H24FN5O2/c1-2-3-12-27-19(26)25-11-5-6-14(13-25)23-18-22-10-8-16(24-18)15-7-4-9-21-17(15)20/h4,7-10,14H,2-3,5-6,11-13H2,1H3,(H,22,23,24)/t14-/m0/s1. The van der Waals surface area contributed by atoms with E-state index < -0.39 is 5.95 Å². The maximum absolute atomic E-state index is 13.9. The van der Waals surface area contributed by atoms with Crippen molar-refractivity contribution >= 4 is 12.0 Å². The number of piperidine rings is 1. The Morgan fingerprint density at radius 3 is 3.07 bits per heavy atom. The summed E-state index contributed by atoms with van der Waals surface area (Å²) in [4.78, 5) is 26.1. The topological polar surface area (TPSA) is 80.2 Å². The van der Waals surface area contributed by atoms with Crippen LogP contribution in [-0.2, 0) is 4.74 Å². The van der Waals surface area contributed by atoms with E-state index in [1.807, 2.05) is 0 Å². The van der Waals surface area contributed by atoms with Gasteiger partial charge in [0.1, 0.15) is 0 Å². The summed E-state index contributed by atoms with van der Waals surface area (Å²) in [6, 6.07) is 4.95. The number of unbranched alkanes of at least 4 members (excludes halogenated alkanes) is 1. The molecule has 0 saturated carbocycles. The highest BCUT2D eigenvalue weighted by Crippen LogP contribution is 2.21. The molecule has 0 aromatic carbocycles. The molecular formula is C19H24FN5O2. The van der Waals surface area contributed by atoms with E-state index in [-0.39, 0.29) is 12.1 Å².